The molecule has 0 saturated carbocycles. The molecule has 0 aliphatic carbocycles. The van der Waals surface area contributed by atoms with Gasteiger partial charge in [0.2, 0.25) is 21.8 Å². The number of hydrogen-bond acceptors (Lipinski definition) is 6. The number of hydrogen-bond donors (Lipinski definition) is 1. The predicted molar refractivity (Wildman–Crippen MR) is 115 cm³/mol. The van der Waals surface area contributed by atoms with Crippen LogP contribution in [0.5, 0.6) is 0 Å². The summed E-state index contributed by atoms with van der Waals surface area (Å²) in [5, 5.41) is 14.0. The van der Waals surface area contributed by atoms with Crippen LogP contribution in [0.15, 0.2) is 40.6 Å². The van der Waals surface area contributed by atoms with E-state index in [0.29, 0.717) is 29.3 Å². The first-order chi connectivity index (χ1) is 14.3. The van der Waals surface area contributed by atoms with Crippen molar-refractivity contribution >= 4 is 43.9 Å². The van der Waals surface area contributed by atoms with Gasteiger partial charge in [0.15, 0.2) is 0 Å². The number of rotatable bonds is 7. The van der Waals surface area contributed by atoms with Crippen LogP contribution in [-0.4, -0.2) is 44.2 Å². The Bertz CT molecular complexity index is 1080. The topological polar surface area (TPSA) is 111 Å². The molecule has 10 heteroatoms. The molecule has 1 aromatic carbocycles. The minimum absolute atomic E-state index is 0.0542. The summed E-state index contributed by atoms with van der Waals surface area (Å²) in [4.78, 5) is 26.7. The molecule has 2 aromatic rings. The summed E-state index contributed by atoms with van der Waals surface area (Å²) in [6.45, 7) is 4.50. The van der Waals surface area contributed by atoms with E-state index in [-0.39, 0.29) is 29.7 Å². The highest BCUT2D eigenvalue weighted by Crippen LogP contribution is 2.29. The van der Waals surface area contributed by atoms with Gasteiger partial charge in [-0.15, -0.1) is 11.3 Å². The minimum Gasteiger partial charge on any atom is -0.316 e. The summed E-state index contributed by atoms with van der Waals surface area (Å²) in [6.07, 6.45) is 0.0542. The molecule has 1 saturated heterocycles. The highest BCUT2D eigenvalue weighted by molar-refractivity contribution is 7.89. The van der Waals surface area contributed by atoms with Crippen molar-refractivity contribution in [3.63, 3.8) is 0 Å². The number of nitrogens with one attached hydrogen (secondary N) is 1. The van der Waals surface area contributed by atoms with Gasteiger partial charge in [0.05, 0.1) is 16.4 Å². The van der Waals surface area contributed by atoms with Gasteiger partial charge in [-0.1, -0.05) is 13.8 Å². The number of sulfonamides is 1. The summed E-state index contributed by atoms with van der Waals surface area (Å²) >= 11 is 1.26. The molecule has 1 fully saturated rings. The van der Waals surface area contributed by atoms with E-state index in [1.807, 2.05) is 6.07 Å². The average Bonchev–Trinajstić information content (AvgIpc) is 3.35. The van der Waals surface area contributed by atoms with Gasteiger partial charge in [-0.05, 0) is 35.7 Å². The van der Waals surface area contributed by atoms with Crippen LogP contribution in [0.2, 0.25) is 0 Å². The van der Waals surface area contributed by atoms with E-state index in [9.17, 15) is 18.0 Å². The van der Waals surface area contributed by atoms with Gasteiger partial charge in [-0.3, -0.25) is 9.59 Å². The molecule has 2 amide bonds. The summed E-state index contributed by atoms with van der Waals surface area (Å²) in [7, 11) is -3.57. The molecule has 1 N–H and O–H groups in total. The number of anilines is 2. The molecule has 0 radical (unpaired) electrons. The SMILES string of the molecule is CCN(CC)S(=O)(=O)c1ccc(N2C[C@@H](C(=O)Nc3sccc3C#N)CC2=O)cc1. The lowest BCUT2D eigenvalue weighted by atomic mass is 10.1. The molecule has 0 unspecified atom stereocenters. The number of nitrogens with zero attached hydrogens (tertiary/aromatic N) is 3. The summed E-state index contributed by atoms with van der Waals surface area (Å²) in [6, 6.07) is 9.77. The first kappa shape index (κ1) is 22.0. The molecule has 30 heavy (non-hydrogen) atoms. The molecule has 1 aliphatic heterocycles. The van der Waals surface area contributed by atoms with Crippen LogP contribution < -0.4 is 10.2 Å². The zero-order valence-corrected chi connectivity index (χ0v) is 18.3. The largest absolute Gasteiger partial charge is 0.316 e. The van der Waals surface area contributed by atoms with Crippen LogP contribution in [0.4, 0.5) is 10.7 Å². The smallest absolute Gasteiger partial charge is 0.243 e. The van der Waals surface area contributed by atoms with E-state index in [0.717, 1.165) is 0 Å². The Morgan fingerprint density at radius 3 is 2.53 bits per heavy atom. The van der Waals surface area contributed by atoms with Crippen LogP contribution in [0.1, 0.15) is 25.8 Å². The number of amides is 2. The standard InChI is InChI=1S/C20H22N4O4S2/c1-3-23(4-2)30(27,28)17-7-5-16(6-8-17)24-13-15(11-18(24)25)19(26)22-20-14(12-21)9-10-29-20/h5-10,15H,3-4,11,13H2,1-2H3,(H,22,26)/t15-/m0/s1. The van der Waals surface area contributed by atoms with Gasteiger partial charge in [0.1, 0.15) is 11.1 Å². The molecular formula is C20H22N4O4S2. The predicted octanol–water partition coefficient (Wildman–Crippen LogP) is 2.64. The van der Waals surface area contributed by atoms with Gasteiger partial charge in [-0.25, -0.2) is 8.42 Å². The maximum absolute atomic E-state index is 12.6. The van der Waals surface area contributed by atoms with Crippen LogP contribution in [0, 0.1) is 17.2 Å². The Morgan fingerprint density at radius 2 is 1.93 bits per heavy atom. The fourth-order valence-electron chi connectivity index (χ4n) is 3.35. The molecule has 3 rings (SSSR count). The van der Waals surface area contributed by atoms with Gasteiger partial charge in [-0.2, -0.15) is 9.57 Å². The van der Waals surface area contributed by atoms with E-state index < -0.39 is 15.9 Å². The molecule has 1 aromatic heterocycles. The van der Waals surface area contributed by atoms with E-state index in [1.54, 1.807) is 37.4 Å². The highest BCUT2D eigenvalue weighted by Gasteiger charge is 2.35. The second-order valence-corrected chi connectivity index (χ2v) is 9.61. The third-order valence-electron chi connectivity index (χ3n) is 5.01. The zero-order chi connectivity index (χ0) is 21.9. The Balaban J connectivity index is 1.72. The van der Waals surface area contributed by atoms with Crippen molar-refractivity contribution in [1.29, 1.82) is 5.26 Å². The van der Waals surface area contributed by atoms with Crippen molar-refractivity contribution in [2.45, 2.75) is 25.2 Å². The van der Waals surface area contributed by atoms with Gasteiger partial charge < -0.3 is 10.2 Å². The molecule has 1 aliphatic rings. The summed E-state index contributed by atoms with van der Waals surface area (Å²) in [5.41, 5.74) is 0.933. The number of thiophene rings is 1. The van der Waals surface area contributed by atoms with Gasteiger partial charge in [0.25, 0.3) is 0 Å². The van der Waals surface area contributed by atoms with Crippen LogP contribution in [0.25, 0.3) is 0 Å². The highest BCUT2D eigenvalue weighted by atomic mass is 32.2. The van der Waals surface area contributed by atoms with Crippen molar-refractivity contribution < 1.29 is 18.0 Å². The van der Waals surface area contributed by atoms with E-state index in [4.69, 9.17) is 5.26 Å². The maximum atomic E-state index is 12.6. The average molecular weight is 447 g/mol. The number of benzene rings is 1. The van der Waals surface area contributed by atoms with Gasteiger partial charge in [0, 0.05) is 31.7 Å². The number of nitriles is 1. The minimum atomic E-state index is -3.57. The third kappa shape index (κ3) is 4.23. The summed E-state index contributed by atoms with van der Waals surface area (Å²) < 4.78 is 26.6. The Labute approximate surface area is 179 Å². The fourth-order valence-corrected chi connectivity index (χ4v) is 5.55. The molecule has 1 atom stereocenters. The van der Waals surface area contributed by atoms with Crippen molar-refractivity contribution in [1.82, 2.24) is 4.31 Å². The quantitative estimate of drug-likeness (QED) is 0.703. The van der Waals surface area contributed by atoms with Gasteiger partial charge >= 0.3 is 0 Å². The van der Waals surface area contributed by atoms with E-state index >= 15 is 0 Å². The lowest BCUT2D eigenvalue weighted by Crippen LogP contribution is -2.31. The number of carbonyl (C=O) groups is 2. The first-order valence-corrected chi connectivity index (χ1v) is 11.8. The Kier molecular flexibility index (Phi) is 6.55. The van der Waals surface area contributed by atoms with Crippen molar-refractivity contribution in [2.24, 2.45) is 5.92 Å². The molecule has 8 nitrogen and oxygen atoms in total. The van der Waals surface area contributed by atoms with Crippen molar-refractivity contribution in [3.05, 3.63) is 41.3 Å². The summed E-state index contributed by atoms with van der Waals surface area (Å²) in [5.74, 6) is -1.07. The molecule has 2 heterocycles. The normalized spacial score (nSPS) is 16.7. The van der Waals surface area contributed by atoms with Crippen LogP contribution >= 0.6 is 11.3 Å². The Morgan fingerprint density at radius 1 is 1.27 bits per heavy atom. The zero-order valence-electron chi connectivity index (χ0n) is 16.7. The maximum Gasteiger partial charge on any atom is 0.243 e. The van der Waals surface area contributed by atoms with E-state index in [2.05, 4.69) is 5.32 Å². The van der Waals surface area contributed by atoms with Crippen LogP contribution in [-0.2, 0) is 19.6 Å². The molecule has 0 bridgehead atoms. The molecule has 158 valence electrons. The Hall–Kier alpha value is -2.74. The lowest BCUT2D eigenvalue weighted by molar-refractivity contribution is -0.122. The molecule has 0 spiro atoms. The van der Waals surface area contributed by atoms with Crippen molar-refractivity contribution in [2.75, 3.05) is 29.9 Å². The second kappa shape index (κ2) is 8.95. The monoisotopic (exact) mass is 446 g/mol. The molecular weight excluding hydrogens is 424 g/mol. The lowest BCUT2D eigenvalue weighted by Gasteiger charge is -2.20. The van der Waals surface area contributed by atoms with Crippen molar-refractivity contribution in [3.8, 4) is 6.07 Å². The van der Waals surface area contributed by atoms with E-state index in [1.165, 1.54) is 32.7 Å². The second-order valence-electron chi connectivity index (χ2n) is 6.75. The fraction of sp³-hybridized carbons (Fsp3) is 0.350. The first-order valence-electron chi connectivity index (χ1n) is 9.50. The number of carbonyl (C=O) groups excluding carboxylic acids is 2. The van der Waals surface area contributed by atoms with Crippen LogP contribution in [0.3, 0.4) is 0 Å². The third-order valence-corrected chi connectivity index (χ3v) is 7.90.